The minimum absolute atomic E-state index is 0.0398. The highest BCUT2D eigenvalue weighted by Gasteiger charge is 2.03. The number of aliphatic imine (C=N–C) groups is 1. The van der Waals surface area contributed by atoms with Gasteiger partial charge in [0.1, 0.15) is 5.75 Å². The highest BCUT2D eigenvalue weighted by Crippen LogP contribution is 2.26. The molecule has 0 bridgehead atoms. The molecule has 1 aromatic rings. The lowest BCUT2D eigenvalue weighted by Crippen LogP contribution is -1.87. The van der Waals surface area contributed by atoms with Crippen LogP contribution in [0.15, 0.2) is 17.1 Å². The molecule has 0 fully saturated rings. The van der Waals surface area contributed by atoms with E-state index in [0.29, 0.717) is 0 Å². The van der Waals surface area contributed by atoms with Gasteiger partial charge in [0.15, 0.2) is 0 Å². The summed E-state index contributed by atoms with van der Waals surface area (Å²) < 4.78 is 0. The molecule has 1 rings (SSSR count). The van der Waals surface area contributed by atoms with Crippen LogP contribution in [-0.4, -0.2) is 11.2 Å². The largest absolute Gasteiger partial charge is 0.506 e. The van der Waals surface area contributed by atoms with Crippen molar-refractivity contribution in [3.63, 3.8) is 0 Å². The molecule has 4 heteroatoms. The molecular weight excluding hydrogens is 190 g/mol. The number of nitrogens with zero attached hydrogens (tertiary/aromatic N) is 1. The van der Waals surface area contributed by atoms with Crippen LogP contribution in [0.3, 0.4) is 0 Å². The minimum atomic E-state index is 0.0398. The second kappa shape index (κ2) is 4.08. The Kier molecular flexibility index (Phi) is 3.07. The van der Waals surface area contributed by atoms with E-state index >= 15 is 0 Å². The highest BCUT2D eigenvalue weighted by molar-refractivity contribution is 6.32. The summed E-state index contributed by atoms with van der Waals surface area (Å²) in [7, 11) is 0. The van der Waals surface area contributed by atoms with Gasteiger partial charge >= 0.3 is 0 Å². The number of benzene rings is 1. The number of isocyanates is 1. The lowest BCUT2D eigenvalue weighted by Gasteiger charge is -2.03. The number of phenolic OH excluding ortho intramolecular Hbond substituents is 1. The normalized spacial score (nSPS) is 9.38. The molecule has 0 saturated heterocycles. The zero-order chi connectivity index (χ0) is 9.84. The molecular formula is C9H8ClNO2. The number of carbonyl (C=O) groups excluding carboxylic acids is 1. The van der Waals surface area contributed by atoms with E-state index < -0.39 is 0 Å². The third-order valence-electron chi connectivity index (χ3n) is 1.72. The number of hydrogen-bond acceptors (Lipinski definition) is 3. The van der Waals surface area contributed by atoms with E-state index in [-0.39, 0.29) is 17.3 Å². The van der Waals surface area contributed by atoms with Crippen molar-refractivity contribution in [3.05, 3.63) is 28.3 Å². The maximum atomic E-state index is 9.87. The Morgan fingerprint density at radius 3 is 2.92 bits per heavy atom. The second-order valence-corrected chi connectivity index (χ2v) is 3.04. The van der Waals surface area contributed by atoms with Gasteiger partial charge in [-0.25, -0.2) is 9.79 Å². The smallest absolute Gasteiger partial charge is 0.235 e. The van der Waals surface area contributed by atoms with E-state index in [1.807, 2.05) is 6.92 Å². The summed E-state index contributed by atoms with van der Waals surface area (Å²) in [4.78, 5) is 13.3. The van der Waals surface area contributed by atoms with E-state index in [2.05, 4.69) is 4.99 Å². The van der Waals surface area contributed by atoms with E-state index in [0.717, 1.165) is 11.1 Å². The number of hydrogen-bond donors (Lipinski definition) is 1. The Balaban J connectivity index is 3.07. The Morgan fingerprint density at radius 1 is 1.62 bits per heavy atom. The van der Waals surface area contributed by atoms with Crippen LogP contribution in [0.25, 0.3) is 0 Å². The highest BCUT2D eigenvalue weighted by atomic mass is 35.5. The molecule has 0 unspecified atom stereocenters. The topological polar surface area (TPSA) is 49.7 Å². The van der Waals surface area contributed by atoms with Crippen molar-refractivity contribution in [2.45, 2.75) is 13.5 Å². The lowest BCUT2D eigenvalue weighted by molar-refractivity contribution is 0.475. The molecule has 0 radical (unpaired) electrons. The Labute approximate surface area is 80.7 Å². The molecule has 68 valence electrons. The first kappa shape index (κ1) is 9.78. The first-order valence-corrected chi connectivity index (χ1v) is 4.04. The zero-order valence-electron chi connectivity index (χ0n) is 7.04. The van der Waals surface area contributed by atoms with Gasteiger partial charge < -0.3 is 5.11 Å². The molecule has 1 N–H and O–H groups in total. The Bertz CT molecular complexity index is 370. The molecule has 0 atom stereocenters. The van der Waals surface area contributed by atoms with Crippen LogP contribution in [0.4, 0.5) is 0 Å². The summed E-state index contributed by atoms with van der Waals surface area (Å²) in [6.45, 7) is 2.06. The molecule has 0 amide bonds. The summed E-state index contributed by atoms with van der Waals surface area (Å²) in [5.74, 6) is 0.0398. The van der Waals surface area contributed by atoms with Gasteiger partial charge in [-0.3, -0.25) is 0 Å². The van der Waals surface area contributed by atoms with Gasteiger partial charge in [0.25, 0.3) is 0 Å². The van der Waals surface area contributed by atoms with Gasteiger partial charge in [-0.1, -0.05) is 11.6 Å². The molecule has 0 aromatic heterocycles. The number of phenols is 1. The maximum Gasteiger partial charge on any atom is 0.235 e. The summed E-state index contributed by atoms with van der Waals surface area (Å²) in [5.41, 5.74) is 1.66. The molecule has 3 nitrogen and oxygen atoms in total. The number of rotatable bonds is 2. The summed E-state index contributed by atoms with van der Waals surface area (Å²) in [6.07, 6.45) is 1.45. The van der Waals surface area contributed by atoms with Gasteiger partial charge in [0.05, 0.1) is 11.6 Å². The van der Waals surface area contributed by atoms with Crippen LogP contribution in [0.2, 0.25) is 5.02 Å². The predicted octanol–water partition coefficient (Wildman–Crippen LogP) is 2.19. The quantitative estimate of drug-likeness (QED) is 0.584. The molecule has 0 saturated carbocycles. The second-order valence-electron chi connectivity index (χ2n) is 2.64. The van der Waals surface area contributed by atoms with Crippen LogP contribution >= 0.6 is 11.6 Å². The van der Waals surface area contributed by atoms with E-state index in [9.17, 15) is 9.90 Å². The average molecular weight is 198 g/mol. The molecule has 13 heavy (non-hydrogen) atoms. The van der Waals surface area contributed by atoms with Crippen LogP contribution in [0.1, 0.15) is 11.1 Å². The van der Waals surface area contributed by atoms with Gasteiger partial charge in [0, 0.05) is 0 Å². The lowest BCUT2D eigenvalue weighted by atomic mass is 10.1. The minimum Gasteiger partial charge on any atom is -0.506 e. The molecule has 0 spiro atoms. The van der Waals surface area contributed by atoms with Crippen molar-refractivity contribution in [2.24, 2.45) is 4.99 Å². The first-order valence-electron chi connectivity index (χ1n) is 3.66. The van der Waals surface area contributed by atoms with Gasteiger partial charge in [-0.15, -0.1) is 0 Å². The summed E-state index contributed by atoms with van der Waals surface area (Å²) >= 11 is 5.67. The molecule has 0 aliphatic carbocycles. The van der Waals surface area contributed by atoms with Crippen molar-refractivity contribution in [1.82, 2.24) is 0 Å². The van der Waals surface area contributed by atoms with E-state index in [1.54, 1.807) is 6.07 Å². The number of aromatic hydroxyl groups is 1. The molecule has 0 heterocycles. The van der Waals surface area contributed by atoms with Crippen molar-refractivity contribution >= 4 is 17.7 Å². The monoisotopic (exact) mass is 197 g/mol. The zero-order valence-corrected chi connectivity index (χ0v) is 7.80. The summed E-state index contributed by atoms with van der Waals surface area (Å²) in [6, 6.07) is 3.13. The predicted molar refractivity (Wildman–Crippen MR) is 49.7 cm³/mol. The number of halogens is 1. The Hall–Kier alpha value is -1.31. The molecule has 1 aromatic carbocycles. The maximum absolute atomic E-state index is 9.87. The fourth-order valence-electron chi connectivity index (χ4n) is 0.995. The first-order chi connectivity index (χ1) is 6.15. The van der Waals surface area contributed by atoms with Crippen molar-refractivity contribution < 1.29 is 9.90 Å². The standard InChI is InChI=1S/C9H8ClNO2/c1-6-2-9(13)8(10)3-7(6)4-11-5-12/h2-3,13H,4H2,1H3. The van der Waals surface area contributed by atoms with Crippen LogP contribution in [0.5, 0.6) is 5.75 Å². The van der Waals surface area contributed by atoms with Crippen molar-refractivity contribution in [3.8, 4) is 5.75 Å². The Morgan fingerprint density at radius 2 is 2.31 bits per heavy atom. The number of aryl methyl sites for hydroxylation is 1. The molecule has 0 aliphatic rings. The van der Waals surface area contributed by atoms with Crippen LogP contribution in [-0.2, 0) is 11.3 Å². The van der Waals surface area contributed by atoms with Crippen LogP contribution < -0.4 is 0 Å². The van der Waals surface area contributed by atoms with Crippen molar-refractivity contribution in [1.29, 1.82) is 0 Å². The fraction of sp³-hybridized carbons (Fsp3) is 0.222. The third-order valence-corrected chi connectivity index (χ3v) is 2.02. The summed E-state index contributed by atoms with van der Waals surface area (Å²) in [5, 5.41) is 9.48. The van der Waals surface area contributed by atoms with Gasteiger partial charge in [0.2, 0.25) is 6.08 Å². The van der Waals surface area contributed by atoms with Crippen LogP contribution in [0, 0.1) is 6.92 Å². The molecule has 0 aliphatic heterocycles. The van der Waals surface area contributed by atoms with Gasteiger partial charge in [-0.05, 0) is 30.2 Å². The third kappa shape index (κ3) is 2.31. The fourth-order valence-corrected chi connectivity index (χ4v) is 1.18. The van der Waals surface area contributed by atoms with Crippen molar-refractivity contribution in [2.75, 3.05) is 0 Å². The van der Waals surface area contributed by atoms with E-state index in [4.69, 9.17) is 11.6 Å². The van der Waals surface area contributed by atoms with Gasteiger partial charge in [-0.2, -0.15) is 0 Å². The van der Waals surface area contributed by atoms with E-state index in [1.165, 1.54) is 12.1 Å². The average Bonchev–Trinajstić information content (AvgIpc) is 2.09. The SMILES string of the molecule is Cc1cc(O)c(Cl)cc1CN=C=O.